The SMILES string of the molecule is O=C(Cc1nc2ccccc2[nH]1)Nc1ccc(CCNC[C@H](O)c2ccccc2)cc1. The van der Waals surface area contributed by atoms with Gasteiger partial charge in [-0.2, -0.15) is 0 Å². The highest BCUT2D eigenvalue weighted by molar-refractivity contribution is 5.92. The Labute approximate surface area is 181 Å². The van der Waals surface area contributed by atoms with Crippen LogP contribution in [0.1, 0.15) is 23.1 Å². The minimum absolute atomic E-state index is 0.108. The average molecular weight is 415 g/mol. The number of hydrogen-bond acceptors (Lipinski definition) is 4. The largest absolute Gasteiger partial charge is 0.387 e. The Balaban J connectivity index is 1.21. The van der Waals surface area contributed by atoms with E-state index in [9.17, 15) is 9.90 Å². The lowest BCUT2D eigenvalue weighted by molar-refractivity contribution is -0.115. The van der Waals surface area contributed by atoms with Crippen LogP contribution < -0.4 is 10.6 Å². The average Bonchev–Trinajstić information content (AvgIpc) is 3.20. The van der Waals surface area contributed by atoms with E-state index in [-0.39, 0.29) is 12.3 Å². The topological polar surface area (TPSA) is 90.0 Å². The van der Waals surface area contributed by atoms with Crippen LogP contribution in [0.5, 0.6) is 0 Å². The number of para-hydroxylation sites is 2. The number of hydrogen-bond donors (Lipinski definition) is 4. The van der Waals surface area contributed by atoms with Crippen LogP contribution in [0.3, 0.4) is 0 Å². The van der Waals surface area contributed by atoms with E-state index in [2.05, 4.69) is 20.6 Å². The molecule has 1 amide bonds. The van der Waals surface area contributed by atoms with Crippen molar-refractivity contribution in [2.24, 2.45) is 0 Å². The molecule has 6 heteroatoms. The smallest absolute Gasteiger partial charge is 0.231 e. The molecule has 4 aromatic rings. The Morgan fingerprint density at radius 2 is 1.71 bits per heavy atom. The monoisotopic (exact) mass is 414 g/mol. The van der Waals surface area contributed by atoms with Gasteiger partial charge < -0.3 is 20.7 Å². The molecule has 31 heavy (non-hydrogen) atoms. The van der Waals surface area contributed by atoms with Gasteiger partial charge >= 0.3 is 0 Å². The van der Waals surface area contributed by atoms with Crippen molar-refractivity contribution in [1.29, 1.82) is 0 Å². The minimum Gasteiger partial charge on any atom is -0.387 e. The van der Waals surface area contributed by atoms with Gasteiger partial charge in [0.15, 0.2) is 0 Å². The number of aromatic nitrogens is 2. The van der Waals surface area contributed by atoms with Gasteiger partial charge in [0.25, 0.3) is 0 Å². The first-order valence-corrected chi connectivity index (χ1v) is 10.4. The number of imidazole rings is 1. The van der Waals surface area contributed by atoms with Gasteiger partial charge in [0.1, 0.15) is 5.82 Å². The summed E-state index contributed by atoms with van der Waals surface area (Å²) >= 11 is 0. The number of aromatic amines is 1. The lowest BCUT2D eigenvalue weighted by atomic mass is 10.1. The van der Waals surface area contributed by atoms with Gasteiger partial charge in [-0.05, 0) is 48.4 Å². The van der Waals surface area contributed by atoms with E-state index in [0.717, 1.165) is 40.8 Å². The van der Waals surface area contributed by atoms with Crippen molar-refractivity contribution in [3.05, 3.63) is 95.8 Å². The highest BCUT2D eigenvalue weighted by Gasteiger charge is 2.09. The van der Waals surface area contributed by atoms with Gasteiger partial charge in [0.2, 0.25) is 5.91 Å². The molecule has 3 aromatic carbocycles. The molecule has 0 bridgehead atoms. The summed E-state index contributed by atoms with van der Waals surface area (Å²) in [6, 6.07) is 25.2. The predicted octanol–water partition coefficient (Wildman–Crippen LogP) is 3.61. The van der Waals surface area contributed by atoms with E-state index >= 15 is 0 Å². The third-order valence-corrected chi connectivity index (χ3v) is 5.12. The molecule has 0 aliphatic heterocycles. The van der Waals surface area contributed by atoms with Crippen LogP contribution in [0.25, 0.3) is 11.0 Å². The summed E-state index contributed by atoms with van der Waals surface area (Å²) in [6.45, 7) is 1.28. The quantitative estimate of drug-likeness (QED) is 0.315. The predicted molar refractivity (Wildman–Crippen MR) is 123 cm³/mol. The third-order valence-electron chi connectivity index (χ3n) is 5.12. The maximum Gasteiger partial charge on any atom is 0.231 e. The highest BCUT2D eigenvalue weighted by Crippen LogP contribution is 2.14. The molecule has 0 aliphatic carbocycles. The van der Waals surface area contributed by atoms with Crippen LogP contribution in [0, 0.1) is 0 Å². The zero-order valence-electron chi connectivity index (χ0n) is 17.2. The summed E-state index contributed by atoms with van der Waals surface area (Å²) in [5, 5.41) is 16.4. The number of aliphatic hydroxyl groups excluding tert-OH is 1. The summed E-state index contributed by atoms with van der Waals surface area (Å²) in [4.78, 5) is 19.9. The van der Waals surface area contributed by atoms with Gasteiger partial charge in [0, 0.05) is 12.2 Å². The molecule has 0 saturated carbocycles. The molecule has 6 nitrogen and oxygen atoms in total. The molecule has 1 atom stereocenters. The molecular weight excluding hydrogens is 388 g/mol. The molecule has 0 aliphatic rings. The van der Waals surface area contributed by atoms with Gasteiger partial charge in [-0.25, -0.2) is 4.98 Å². The molecule has 4 N–H and O–H groups in total. The van der Waals surface area contributed by atoms with Crippen LogP contribution >= 0.6 is 0 Å². The first kappa shape index (κ1) is 20.8. The number of aliphatic hydroxyl groups is 1. The number of anilines is 1. The van der Waals surface area contributed by atoms with Crippen LogP contribution in [-0.2, 0) is 17.6 Å². The molecule has 0 saturated heterocycles. The van der Waals surface area contributed by atoms with Crippen molar-refractivity contribution >= 4 is 22.6 Å². The van der Waals surface area contributed by atoms with Crippen LogP contribution in [0.2, 0.25) is 0 Å². The number of nitrogens with zero attached hydrogens (tertiary/aromatic N) is 1. The van der Waals surface area contributed by atoms with Crippen molar-refractivity contribution in [2.75, 3.05) is 18.4 Å². The number of fused-ring (bicyclic) bond motifs is 1. The van der Waals surface area contributed by atoms with Crippen molar-refractivity contribution in [1.82, 2.24) is 15.3 Å². The Bertz CT molecular complexity index is 1090. The number of nitrogens with one attached hydrogen (secondary N) is 3. The molecular formula is C25H26N4O2. The molecule has 1 heterocycles. The van der Waals surface area contributed by atoms with Crippen LogP contribution in [0.15, 0.2) is 78.9 Å². The molecule has 0 spiro atoms. The lowest BCUT2D eigenvalue weighted by Crippen LogP contribution is -2.23. The zero-order chi connectivity index (χ0) is 21.5. The molecule has 0 unspecified atom stereocenters. The van der Waals surface area contributed by atoms with Crippen molar-refractivity contribution in [2.45, 2.75) is 18.9 Å². The Morgan fingerprint density at radius 3 is 2.48 bits per heavy atom. The summed E-state index contributed by atoms with van der Waals surface area (Å²) in [7, 11) is 0. The summed E-state index contributed by atoms with van der Waals surface area (Å²) < 4.78 is 0. The number of carbonyl (C=O) groups is 1. The standard InChI is InChI=1S/C25H26N4O2/c30-23(19-6-2-1-3-7-19)17-26-15-14-18-10-12-20(13-11-18)27-25(31)16-24-28-21-8-4-5-9-22(21)29-24/h1-13,23,26,30H,14-17H2,(H,27,31)(H,28,29)/t23-/m0/s1. The maximum absolute atomic E-state index is 12.3. The number of H-pyrrole nitrogens is 1. The van der Waals surface area contributed by atoms with Gasteiger partial charge in [-0.3, -0.25) is 4.79 Å². The molecule has 0 fully saturated rings. The van der Waals surface area contributed by atoms with Gasteiger partial charge in [-0.1, -0.05) is 54.6 Å². The number of carbonyl (C=O) groups excluding carboxylic acids is 1. The summed E-state index contributed by atoms with van der Waals surface area (Å²) in [5.41, 5.74) is 4.63. The summed E-state index contributed by atoms with van der Waals surface area (Å²) in [6.07, 6.45) is 0.532. The van der Waals surface area contributed by atoms with E-state index in [4.69, 9.17) is 0 Å². The molecule has 158 valence electrons. The van der Waals surface area contributed by atoms with Crippen molar-refractivity contribution in [3.8, 4) is 0 Å². The number of rotatable bonds is 9. The Kier molecular flexibility index (Phi) is 6.72. The molecule has 0 radical (unpaired) electrons. The van der Waals surface area contributed by atoms with E-state index in [1.165, 1.54) is 0 Å². The third kappa shape index (κ3) is 5.78. The van der Waals surface area contributed by atoms with Crippen LogP contribution in [-0.4, -0.2) is 34.1 Å². The first-order valence-electron chi connectivity index (χ1n) is 10.4. The zero-order valence-corrected chi connectivity index (χ0v) is 17.2. The fraction of sp³-hybridized carbons (Fsp3) is 0.200. The lowest BCUT2D eigenvalue weighted by Gasteiger charge is -2.12. The van der Waals surface area contributed by atoms with Crippen molar-refractivity contribution in [3.63, 3.8) is 0 Å². The Hall–Kier alpha value is -3.48. The second kappa shape index (κ2) is 10.0. The van der Waals surface area contributed by atoms with E-state index in [1.807, 2.05) is 78.9 Å². The first-order chi connectivity index (χ1) is 15.2. The van der Waals surface area contributed by atoms with E-state index in [0.29, 0.717) is 12.4 Å². The fourth-order valence-electron chi connectivity index (χ4n) is 3.47. The Morgan fingerprint density at radius 1 is 0.968 bits per heavy atom. The molecule has 4 rings (SSSR count). The maximum atomic E-state index is 12.3. The number of amides is 1. The van der Waals surface area contributed by atoms with Gasteiger partial charge in [0.05, 0.1) is 23.6 Å². The number of benzene rings is 3. The fourth-order valence-corrected chi connectivity index (χ4v) is 3.47. The van der Waals surface area contributed by atoms with Crippen LogP contribution in [0.4, 0.5) is 5.69 Å². The van der Waals surface area contributed by atoms with Crippen molar-refractivity contribution < 1.29 is 9.90 Å². The minimum atomic E-state index is -0.509. The normalized spacial score (nSPS) is 12.0. The highest BCUT2D eigenvalue weighted by atomic mass is 16.3. The van der Waals surface area contributed by atoms with Gasteiger partial charge in [-0.15, -0.1) is 0 Å². The van der Waals surface area contributed by atoms with E-state index < -0.39 is 6.10 Å². The van der Waals surface area contributed by atoms with E-state index in [1.54, 1.807) is 0 Å². The molecule has 1 aromatic heterocycles. The second-order valence-electron chi connectivity index (χ2n) is 7.50. The second-order valence-corrected chi connectivity index (χ2v) is 7.50. The summed E-state index contributed by atoms with van der Waals surface area (Å²) in [5.74, 6) is 0.544.